The molecule has 0 spiro atoms. The Balaban J connectivity index is 2.25. The number of nitrogens with zero attached hydrogens (tertiary/aromatic N) is 1. The van der Waals surface area contributed by atoms with Crippen molar-refractivity contribution in [2.75, 3.05) is 19.6 Å². The first-order chi connectivity index (χ1) is 9.67. The van der Waals surface area contributed by atoms with E-state index in [1.807, 2.05) is 0 Å². The molecular formula is C15H34N4Si. The first-order valence-electron chi connectivity index (χ1n) is 8.68. The lowest BCUT2D eigenvalue weighted by molar-refractivity contribution is -0.100. The van der Waals surface area contributed by atoms with Gasteiger partial charge in [0.25, 0.3) is 0 Å². The predicted octanol–water partition coefficient (Wildman–Crippen LogP) is 0.587. The molecule has 20 heavy (non-hydrogen) atoms. The van der Waals surface area contributed by atoms with Crippen molar-refractivity contribution in [3.05, 3.63) is 0 Å². The van der Waals surface area contributed by atoms with Crippen molar-refractivity contribution >= 4 is 10.2 Å². The van der Waals surface area contributed by atoms with Crippen molar-refractivity contribution in [3.63, 3.8) is 0 Å². The van der Waals surface area contributed by atoms with E-state index in [9.17, 15) is 0 Å². The van der Waals surface area contributed by atoms with E-state index < -0.39 is 0 Å². The Morgan fingerprint density at radius 1 is 1.10 bits per heavy atom. The van der Waals surface area contributed by atoms with Crippen molar-refractivity contribution in [1.29, 1.82) is 0 Å². The Morgan fingerprint density at radius 3 is 2.50 bits per heavy atom. The van der Waals surface area contributed by atoms with Crippen LogP contribution in [-0.2, 0) is 0 Å². The van der Waals surface area contributed by atoms with Gasteiger partial charge in [-0.05, 0) is 44.2 Å². The fraction of sp³-hybridized carbons (Fsp3) is 1.00. The summed E-state index contributed by atoms with van der Waals surface area (Å²) < 4.78 is 0. The zero-order valence-corrected chi connectivity index (χ0v) is 15.8. The van der Waals surface area contributed by atoms with Gasteiger partial charge in [0.05, 0.1) is 11.5 Å². The van der Waals surface area contributed by atoms with Gasteiger partial charge < -0.3 is 10.6 Å². The smallest absolute Gasteiger partial charge is 0.0752 e. The van der Waals surface area contributed by atoms with E-state index in [2.05, 4.69) is 41.8 Å². The summed E-state index contributed by atoms with van der Waals surface area (Å²) in [6, 6.07) is 0. The molecule has 5 heteroatoms. The maximum atomic E-state index is 3.87. The molecule has 3 N–H and O–H groups in total. The van der Waals surface area contributed by atoms with Gasteiger partial charge in [-0.3, -0.25) is 5.43 Å². The number of piperidine rings is 1. The van der Waals surface area contributed by atoms with E-state index in [0.29, 0.717) is 6.17 Å². The molecule has 1 aliphatic carbocycles. The molecule has 0 amide bonds. The molecule has 118 valence electrons. The molecular weight excluding hydrogens is 264 g/mol. The molecule has 1 aliphatic heterocycles. The second-order valence-electron chi connectivity index (χ2n) is 6.52. The van der Waals surface area contributed by atoms with Crippen LogP contribution in [0, 0.1) is 11.8 Å². The maximum absolute atomic E-state index is 3.87. The van der Waals surface area contributed by atoms with Gasteiger partial charge in [0, 0.05) is 16.8 Å². The molecule has 1 saturated carbocycles. The lowest BCUT2D eigenvalue weighted by atomic mass is 9.72. The molecule has 4 atom stereocenters. The van der Waals surface area contributed by atoms with Crippen LogP contribution in [0.15, 0.2) is 0 Å². The zero-order valence-electron chi connectivity index (χ0n) is 13.8. The fourth-order valence-corrected chi connectivity index (χ4v) is 6.14. The number of hydrazine groups is 1. The van der Waals surface area contributed by atoms with E-state index >= 15 is 0 Å². The van der Waals surface area contributed by atoms with Crippen LogP contribution >= 0.6 is 0 Å². The number of hydrogen-bond acceptors (Lipinski definition) is 4. The van der Waals surface area contributed by atoms with Crippen LogP contribution in [0.1, 0.15) is 52.9 Å². The highest BCUT2D eigenvalue weighted by Gasteiger charge is 2.50. The monoisotopic (exact) mass is 298 g/mol. The SMILES string of the molecule is CCNC1CC2CCCCC2C([SiH3])(NCC)N1NCC. The van der Waals surface area contributed by atoms with Crippen molar-refractivity contribution in [2.24, 2.45) is 11.8 Å². The second kappa shape index (κ2) is 7.36. The van der Waals surface area contributed by atoms with E-state index in [0.717, 1.165) is 41.7 Å². The van der Waals surface area contributed by atoms with Crippen LogP contribution in [0.5, 0.6) is 0 Å². The minimum absolute atomic E-state index is 0.209. The lowest BCUT2D eigenvalue weighted by Gasteiger charge is -2.58. The average Bonchev–Trinajstić information content (AvgIpc) is 2.44. The van der Waals surface area contributed by atoms with Crippen LogP contribution in [-0.4, -0.2) is 46.3 Å². The highest BCUT2D eigenvalue weighted by atomic mass is 28.1. The van der Waals surface area contributed by atoms with Gasteiger partial charge in [0.15, 0.2) is 0 Å². The molecule has 0 aromatic heterocycles. The number of hydrogen-bond donors (Lipinski definition) is 3. The summed E-state index contributed by atoms with van der Waals surface area (Å²) in [5, 5.41) is 10.3. The highest BCUT2D eigenvalue weighted by molar-refractivity contribution is 6.15. The molecule has 1 heterocycles. The highest BCUT2D eigenvalue weighted by Crippen LogP contribution is 2.44. The Morgan fingerprint density at radius 2 is 1.85 bits per heavy atom. The third kappa shape index (κ3) is 3.12. The van der Waals surface area contributed by atoms with Crippen molar-refractivity contribution in [1.82, 2.24) is 21.1 Å². The summed E-state index contributed by atoms with van der Waals surface area (Å²) in [5.41, 5.74) is 3.67. The predicted molar refractivity (Wildman–Crippen MR) is 89.4 cm³/mol. The minimum atomic E-state index is 0.209. The number of rotatable bonds is 6. The van der Waals surface area contributed by atoms with Gasteiger partial charge in [0.1, 0.15) is 0 Å². The standard InChI is InChI=1S/C15H34N4Si/c1-4-16-14-11-12-9-7-8-10-13(12)15(20,17-5-2)19(14)18-6-3/h12-14,16-18H,4-11H2,1-3,20H3. The minimum Gasteiger partial charge on any atom is -0.302 e. The van der Waals surface area contributed by atoms with Crippen LogP contribution in [0.3, 0.4) is 0 Å². The summed E-state index contributed by atoms with van der Waals surface area (Å²) in [6.45, 7) is 9.80. The molecule has 4 unspecified atom stereocenters. The number of nitrogens with one attached hydrogen (secondary N) is 3. The van der Waals surface area contributed by atoms with Gasteiger partial charge in [-0.15, -0.1) is 0 Å². The average molecular weight is 299 g/mol. The summed E-state index contributed by atoms with van der Waals surface area (Å²) >= 11 is 0. The topological polar surface area (TPSA) is 39.3 Å². The van der Waals surface area contributed by atoms with Crippen LogP contribution in [0.25, 0.3) is 0 Å². The third-order valence-corrected chi connectivity index (χ3v) is 6.85. The largest absolute Gasteiger partial charge is 0.302 e. The van der Waals surface area contributed by atoms with E-state index in [4.69, 9.17) is 0 Å². The fourth-order valence-electron chi connectivity index (χ4n) is 4.55. The van der Waals surface area contributed by atoms with Gasteiger partial charge in [-0.1, -0.05) is 33.6 Å². The summed E-state index contributed by atoms with van der Waals surface area (Å²) in [4.78, 5) is 0. The Bertz CT molecular complexity index is 302. The van der Waals surface area contributed by atoms with Gasteiger partial charge in [-0.25, -0.2) is 5.01 Å². The maximum Gasteiger partial charge on any atom is 0.0752 e. The second-order valence-corrected chi connectivity index (χ2v) is 8.04. The Labute approximate surface area is 127 Å². The molecule has 0 aromatic carbocycles. The molecule has 0 radical (unpaired) electrons. The number of fused-ring (bicyclic) bond motifs is 1. The third-order valence-electron chi connectivity index (χ3n) is 5.27. The molecule has 0 bridgehead atoms. The van der Waals surface area contributed by atoms with Crippen molar-refractivity contribution < 1.29 is 0 Å². The molecule has 2 aliphatic rings. The van der Waals surface area contributed by atoms with Gasteiger partial charge >= 0.3 is 0 Å². The first kappa shape index (κ1) is 16.4. The molecule has 4 nitrogen and oxygen atoms in total. The van der Waals surface area contributed by atoms with Gasteiger partial charge in [-0.2, -0.15) is 0 Å². The van der Waals surface area contributed by atoms with Crippen molar-refractivity contribution in [3.8, 4) is 0 Å². The van der Waals surface area contributed by atoms with Crippen LogP contribution in [0.4, 0.5) is 0 Å². The van der Waals surface area contributed by atoms with Crippen molar-refractivity contribution in [2.45, 2.75) is 64.3 Å². The summed E-state index contributed by atoms with van der Waals surface area (Å²) in [6.07, 6.45) is 7.48. The normalized spacial score (nSPS) is 38.9. The first-order valence-corrected chi connectivity index (χ1v) is 9.68. The Hall–Kier alpha value is 0.0569. The van der Waals surface area contributed by atoms with Crippen LogP contribution < -0.4 is 16.1 Å². The lowest BCUT2D eigenvalue weighted by Crippen LogP contribution is -2.76. The van der Waals surface area contributed by atoms with Gasteiger partial charge in [0.2, 0.25) is 0 Å². The van der Waals surface area contributed by atoms with E-state index in [1.54, 1.807) is 0 Å². The zero-order chi connectivity index (χ0) is 14.6. The summed E-state index contributed by atoms with van der Waals surface area (Å²) in [5.74, 6) is 1.73. The quantitative estimate of drug-likeness (QED) is 0.628. The summed E-state index contributed by atoms with van der Waals surface area (Å²) in [7, 11) is 1.16. The molecule has 2 fully saturated rings. The Kier molecular flexibility index (Phi) is 6.04. The van der Waals surface area contributed by atoms with Crippen LogP contribution in [0.2, 0.25) is 0 Å². The molecule has 0 aromatic rings. The van der Waals surface area contributed by atoms with E-state index in [1.165, 1.54) is 32.1 Å². The van der Waals surface area contributed by atoms with E-state index in [-0.39, 0.29) is 5.29 Å². The molecule has 1 saturated heterocycles. The molecule has 2 rings (SSSR count).